The number of aromatic nitrogens is 2. The summed E-state index contributed by atoms with van der Waals surface area (Å²) in [5.74, 6) is 0. The number of nitro benzene ring substituents is 1. The number of non-ortho nitro benzene ring substituents is 1. The predicted octanol–water partition coefficient (Wildman–Crippen LogP) is 6.56. The average Bonchev–Trinajstić information content (AvgIpc) is 3.36. The lowest BCUT2D eigenvalue weighted by molar-refractivity contribution is -0.384. The Morgan fingerprint density at radius 2 is 1.49 bits per heavy atom. The van der Waals surface area contributed by atoms with Gasteiger partial charge in [0.05, 0.1) is 33.9 Å². The van der Waals surface area contributed by atoms with Gasteiger partial charge < -0.3 is 0 Å². The first-order chi connectivity index (χ1) is 17.2. The zero-order valence-corrected chi connectivity index (χ0v) is 18.7. The monoisotopic (exact) mass is 459 g/mol. The fourth-order valence-corrected chi connectivity index (χ4v) is 3.71. The van der Waals surface area contributed by atoms with Crippen molar-refractivity contribution in [2.24, 2.45) is 5.10 Å². The molecule has 0 radical (unpaired) electrons. The predicted molar refractivity (Wildman–Crippen MR) is 139 cm³/mol. The fraction of sp³-hybridized carbons (Fsp3) is 0. The van der Waals surface area contributed by atoms with Gasteiger partial charge in [0.25, 0.3) is 5.69 Å². The highest BCUT2D eigenvalue weighted by atomic mass is 16.6. The third-order valence-corrected chi connectivity index (χ3v) is 5.45. The van der Waals surface area contributed by atoms with Crippen LogP contribution < -0.4 is 5.43 Å². The number of hydrogen-bond donors (Lipinski definition) is 1. The average molecular weight is 460 g/mol. The maximum absolute atomic E-state index is 10.9. The maximum Gasteiger partial charge on any atom is 0.271 e. The Hall–Kier alpha value is -5.04. The molecule has 0 amide bonds. The van der Waals surface area contributed by atoms with Gasteiger partial charge in [-0.25, -0.2) is 4.68 Å². The molecule has 0 saturated heterocycles. The molecule has 0 fully saturated rings. The molecule has 35 heavy (non-hydrogen) atoms. The Kier molecular flexibility index (Phi) is 6.13. The Bertz CT molecular complexity index is 1480. The van der Waals surface area contributed by atoms with Crippen molar-refractivity contribution in [2.75, 3.05) is 5.43 Å². The largest absolute Gasteiger partial charge is 0.278 e. The van der Waals surface area contributed by atoms with Crippen molar-refractivity contribution < 1.29 is 4.92 Å². The van der Waals surface area contributed by atoms with E-state index in [0.717, 1.165) is 33.8 Å². The van der Waals surface area contributed by atoms with Crippen molar-refractivity contribution in [3.63, 3.8) is 0 Å². The van der Waals surface area contributed by atoms with E-state index in [9.17, 15) is 10.1 Å². The number of rotatable bonds is 7. The van der Waals surface area contributed by atoms with E-state index in [0.29, 0.717) is 5.69 Å². The smallest absolute Gasteiger partial charge is 0.271 e. The van der Waals surface area contributed by atoms with Crippen LogP contribution in [0.5, 0.6) is 0 Å². The van der Waals surface area contributed by atoms with Gasteiger partial charge >= 0.3 is 0 Å². The third kappa shape index (κ3) is 4.99. The molecule has 1 N–H and O–H groups in total. The van der Waals surface area contributed by atoms with Gasteiger partial charge in [-0.15, -0.1) is 0 Å². The number of hydrogen-bond acceptors (Lipinski definition) is 5. The Morgan fingerprint density at radius 3 is 2.17 bits per heavy atom. The van der Waals surface area contributed by atoms with Crippen LogP contribution in [0.2, 0.25) is 0 Å². The van der Waals surface area contributed by atoms with E-state index in [-0.39, 0.29) is 5.69 Å². The van der Waals surface area contributed by atoms with E-state index in [1.807, 2.05) is 65.3 Å². The van der Waals surface area contributed by atoms with Crippen LogP contribution in [-0.2, 0) is 0 Å². The summed E-state index contributed by atoms with van der Waals surface area (Å²) in [7, 11) is 0. The van der Waals surface area contributed by atoms with Crippen LogP contribution in [0, 0.1) is 10.1 Å². The number of hydrazone groups is 1. The van der Waals surface area contributed by atoms with Gasteiger partial charge in [0.15, 0.2) is 0 Å². The van der Waals surface area contributed by atoms with Crippen molar-refractivity contribution in [3.05, 3.63) is 131 Å². The molecule has 0 bridgehead atoms. The van der Waals surface area contributed by atoms with Crippen molar-refractivity contribution in [3.8, 4) is 28.2 Å². The molecule has 7 heteroatoms. The minimum absolute atomic E-state index is 0.0119. The molecule has 0 spiro atoms. The van der Waals surface area contributed by atoms with E-state index in [1.54, 1.807) is 18.3 Å². The standard InChI is InChI=1S/C28H21N5O2/c34-33(35)26-13-7-12-24(18-26)30-29-20-21-14-16-25(17-15-21)32-28(23-10-5-2-6-11-23)19-27(31-32)22-8-3-1-4-9-22/h1-20,30H. The summed E-state index contributed by atoms with van der Waals surface area (Å²) in [6.45, 7) is 0. The second-order valence-electron chi connectivity index (χ2n) is 7.83. The van der Waals surface area contributed by atoms with Crippen LogP contribution >= 0.6 is 0 Å². The molecule has 0 aliphatic carbocycles. The number of anilines is 1. The highest BCUT2D eigenvalue weighted by molar-refractivity contribution is 5.81. The first-order valence-electron chi connectivity index (χ1n) is 11.0. The second-order valence-corrected chi connectivity index (χ2v) is 7.83. The van der Waals surface area contributed by atoms with Crippen molar-refractivity contribution in [1.82, 2.24) is 9.78 Å². The summed E-state index contributed by atoms with van der Waals surface area (Å²) in [6, 6.07) is 36.5. The van der Waals surface area contributed by atoms with E-state index in [1.165, 1.54) is 12.1 Å². The van der Waals surface area contributed by atoms with Gasteiger partial charge in [-0.2, -0.15) is 10.2 Å². The van der Waals surface area contributed by atoms with Crippen LogP contribution in [0.15, 0.2) is 120 Å². The van der Waals surface area contributed by atoms with E-state index >= 15 is 0 Å². The molecule has 0 aliphatic rings. The molecule has 4 aromatic carbocycles. The zero-order valence-electron chi connectivity index (χ0n) is 18.7. The third-order valence-electron chi connectivity index (χ3n) is 5.45. The van der Waals surface area contributed by atoms with Gasteiger partial charge in [0.2, 0.25) is 0 Å². The summed E-state index contributed by atoms with van der Waals surface area (Å²) in [4.78, 5) is 10.5. The molecule has 1 heterocycles. The molecule has 1 aromatic heterocycles. The second kappa shape index (κ2) is 9.84. The quantitative estimate of drug-likeness (QED) is 0.170. The number of nitrogens with zero attached hydrogens (tertiary/aromatic N) is 4. The summed E-state index contributed by atoms with van der Waals surface area (Å²) < 4.78 is 1.94. The maximum atomic E-state index is 10.9. The molecule has 5 rings (SSSR count). The van der Waals surface area contributed by atoms with Gasteiger partial charge in [-0.3, -0.25) is 15.5 Å². The SMILES string of the molecule is O=[N+]([O-])c1cccc(NN=Cc2ccc(-n3nc(-c4ccccc4)cc3-c3ccccc3)cc2)c1. The van der Waals surface area contributed by atoms with Crippen LogP contribution in [0.25, 0.3) is 28.2 Å². The molecule has 0 saturated carbocycles. The van der Waals surface area contributed by atoms with E-state index in [2.05, 4.69) is 40.9 Å². The van der Waals surface area contributed by atoms with E-state index < -0.39 is 4.92 Å². The molecule has 170 valence electrons. The first-order valence-corrected chi connectivity index (χ1v) is 11.0. The molecule has 5 aromatic rings. The number of benzene rings is 4. The summed E-state index contributed by atoms with van der Waals surface area (Å²) in [5.41, 5.74) is 9.23. The highest BCUT2D eigenvalue weighted by Crippen LogP contribution is 2.28. The molecule has 0 atom stereocenters. The van der Waals surface area contributed by atoms with Crippen molar-refractivity contribution in [2.45, 2.75) is 0 Å². The molecular formula is C28H21N5O2. The molecule has 0 unspecified atom stereocenters. The van der Waals surface area contributed by atoms with Gasteiger partial charge in [-0.05, 0) is 29.8 Å². The van der Waals surface area contributed by atoms with Crippen LogP contribution in [0.1, 0.15) is 5.56 Å². The van der Waals surface area contributed by atoms with Gasteiger partial charge in [0, 0.05) is 23.3 Å². The van der Waals surface area contributed by atoms with E-state index in [4.69, 9.17) is 5.10 Å². The molecule has 0 aliphatic heterocycles. The van der Waals surface area contributed by atoms with Crippen LogP contribution in [0.3, 0.4) is 0 Å². The Morgan fingerprint density at radius 1 is 0.800 bits per heavy atom. The minimum Gasteiger partial charge on any atom is -0.278 e. The van der Waals surface area contributed by atoms with Gasteiger partial charge in [-0.1, -0.05) is 78.9 Å². The number of nitro groups is 1. The van der Waals surface area contributed by atoms with Crippen molar-refractivity contribution >= 4 is 17.6 Å². The first kappa shape index (κ1) is 21.8. The lowest BCUT2D eigenvalue weighted by Gasteiger charge is -2.08. The Labute approximate surface area is 202 Å². The van der Waals surface area contributed by atoms with Crippen LogP contribution in [-0.4, -0.2) is 20.9 Å². The lowest BCUT2D eigenvalue weighted by atomic mass is 10.1. The fourth-order valence-electron chi connectivity index (χ4n) is 3.71. The topological polar surface area (TPSA) is 85.4 Å². The normalized spacial score (nSPS) is 11.0. The van der Waals surface area contributed by atoms with Crippen LogP contribution in [0.4, 0.5) is 11.4 Å². The number of nitrogens with one attached hydrogen (secondary N) is 1. The summed E-state index contributed by atoms with van der Waals surface area (Å²) in [6.07, 6.45) is 1.67. The minimum atomic E-state index is -0.435. The molecular weight excluding hydrogens is 438 g/mol. The summed E-state index contributed by atoms with van der Waals surface area (Å²) in [5, 5.41) is 20.0. The lowest BCUT2D eigenvalue weighted by Crippen LogP contribution is -1.99. The zero-order chi connectivity index (χ0) is 24.0. The molecule has 7 nitrogen and oxygen atoms in total. The van der Waals surface area contributed by atoms with Crippen molar-refractivity contribution in [1.29, 1.82) is 0 Å². The summed E-state index contributed by atoms with van der Waals surface area (Å²) >= 11 is 0. The Balaban J connectivity index is 1.40. The highest BCUT2D eigenvalue weighted by Gasteiger charge is 2.13. The van der Waals surface area contributed by atoms with Gasteiger partial charge in [0.1, 0.15) is 0 Å².